The molecule has 0 saturated carbocycles. The minimum absolute atomic E-state index is 0.00183. The fourth-order valence-electron chi connectivity index (χ4n) is 1.47. The number of benzene rings is 1. The molecule has 88 valence electrons. The lowest BCUT2D eigenvalue weighted by molar-refractivity contribution is 0.0995. The van der Waals surface area contributed by atoms with E-state index in [2.05, 4.69) is 5.10 Å². The summed E-state index contributed by atoms with van der Waals surface area (Å²) in [7, 11) is 0. The number of hydrogen-bond donors (Lipinski definition) is 1. The third-order valence-corrected chi connectivity index (χ3v) is 2.58. The van der Waals surface area contributed by atoms with Crippen molar-refractivity contribution in [2.45, 2.75) is 6.92 Å². The summed E-state index contributed by atoms with van der Waals surface area (Å²) in [6, 6.07) is 5.75. The molecular weight excluding hydrogens is 245 g/mol. The molecule has 2 N–H and O–H groups in total. The van der Waals surface area contributed by atoms with Gasteiger partial charge in [-0.15, -0.1) is 0 Å². The first-order valence-corrected chi connectivity index (χ1v) is 5.18. The molecule has 4 nitrogen and oxygen atoms in total. The molecule has 0 aliphatic heterocycles. The quantitative estimate of drug-likeness (QED) is 0.891. The van der Waals surface area contributed by atoms with E-state index in [-0.39, 0.29) is 10.7 Å². The second kappa shape index (κ2) is 4.18. The first-order valence-electron chi connectivity index (χ1n) is 4.81. The molecule has 0 unspecified atom stereocenters. The highest BCUT2D eigenvalue weighted by Crippen LogP contribution is 2.19. The van der Waals surface area contributed by atoms with Gasteiger partial charge in [0.2, 0.25) is 0 Å². The van der Waals surface area contributed by atoms with Crippen molar-refractivity contribution in [3.05, 3.63) is 46.5 Å². The maximum absolute atomic E-state index is 13.0. The predicted octanol–water partition coefficient (Wildman–Crippen LogP) is 2.07. The number of amides is 1. The van der Waals surface area contributed by atoms with Gasteiger partial charge in [0.1, 0.15) is 5.82 Å². The number of aryl methyl sites for hydroxylation is 1. The summed E-state index contributed by atoms with van der Waals surface area (Å²) in [4.78, 5) is 11.0. The van der Waals surface area contributed by atoms with Crippen LogP contribution in [0.15, 0.2) is 24.3 Å². The van der Waals surface area contributed by atoms with Crippen molar-refractivity contribution in [1.82, 2.24) is 9.78 Å². The summed E-state index contributed by atoms with van der Waals surface area (Å²) in [5.41, 5.74) is 6.56. The second-order valence-corrected chi connectivity index (χ2v) is 3.95. The zero-order valence-electron chi connectivity index (χ0n) is 8.95. The lowest BCUT2D eigenvalue weighted by Gasteiger charge is -2.04. The Labute approximate surface area is 102 Å². The number of nitrogens with zero attached hydrogens (tertiary/aromatic N) is 2. The number of rotatable bonds is 2. The van der Waals surface area contributed by atoms with E-state index in [4.69, 9.17) is 17.3 Å². The van der Waals surface area contributed by atoms with Crippen LogP contribution in [0.25, 0.3) is 5.69 Å². The van der Waals surface area contributed by atoms with Gasteiger partial charge >= 0.3 is 0 Å². The zero-order valence-corrected chi connectivity index (χ0v) is 9.70. The van der Waals surface area contributed by atoms with Gasteiger partial charge in [0.25, 0.3) is 5.91 Å². The Bertz CT molecular complexity index is 594. The highest BCUT2D eigenvalue weighted by molar-refractivity contribution is 6.30. The predicted molar refractivity (Wildman–Crippen MR) is 61.8 cm³/mol. The number of carbonyl (C=O) groups excluding carboxylic acids is 1. The van der Waals surface area contributed by atoms with Crippen molar-refractivity contribution in [1.29, 1.82) is 0 Å². The second-order valence-electron chi connectivity index (χ2n) is 3.55. The Hall–Kier alpha value is -1.88. The molecule has 0 radical (unpaired) electrons. The van der Waals surface area contributed by atoms with Crippen LogP contribution in [0.5, 0.6) is 0 Å². The summed E-state index contributed by atoms with van der Waals surface area (Å²) >= 11 is 5.68. The van der Waals surface area contributed by atoms with Gasteiger partial charge in [-0.05, 0) is 31.2 Å². The Kier molecular flexibility index (Phi) is 2.85. The SMILES string of the molecule is Cc1cc(C(N)=O)nn1-c1ccc(F)c(Cl)c1. The normalized spacial score (nSPS) is 10.5. The lowest BCUT2D eigenvalue weighted by atomic mass is 10.3. The van der Waals surface area contributed by atoms with E-state index in [1.54, 1.807) is 13.0 Å². The molecule has 6 heteroatoms. The van der Waals surface area contributed by atoms with Crippen LogP contribution in [0.4, 0.5) is 4.39 Å². The first kappa shape index (κ1) is 11.6. The standard InChI is InChI=1S/C11H9ClFN3O/c1-6-4-10(11(14)17)15-16(6)7-2-3-9(13)8(12)5-7/h2-5H,1H3,(H2,14,17). The van der Waals surface area contributed by atoms with Crippen molar-refractivity contribution in [2.24, 2.45) is 5.73 Å². The van der Waals surface area contributed by atoms with Crippen LogP contribution in [0, 0.1) is 12.7 Å². The molecule has 0 saturated heterocycles. The summed E-state index contributed by atoms with van der Waals surface area (Å²) < 4.78 is 14.5. The van der Waals surface area contributed by atoms with Gasteiger partial charge in [0.05, 0.1) is 10.7 Å². The van der Waals surface area contributed by atoms with E-state index in [1.165, 1.54) is 22.9 Å². The number of aromatic nitrogens is 2. The van der Waals surface area contributed by atoms with Crippen molar-refractivity contribution >= 4 is 17.5 Å². The average molecular weight is 254 g/mol. The maximum Gasteiger partial charge on any atom is 0.269 e. The average Bonchev–Trinajstić information content (AvgIpc) is 2.65. The highest BCUT2D eigenvalue weighted by atomic mass is 35.5. The van der Waals surface area contributed by atoms with Gasteiger partial charge < -0.3 is 5.73 Å². The van der Waals surface area contributed by atoms with Crippen molar-refractivity contribution in [3.63, 3.8) is 0 Å². The Balaban J connectivity index is 2.52. The van der Waals surface area contributed by atoms with Crippen LogP contribution >= 0.6 is 11.6 Å². The molecule has 0 atom stereocenters. The molecule has 0 aliphatic carbocycles. The lowest BCUT2D eigenvalue weighted by Crippen LogP contribution is -2.12. The number of hydrogen-bond acceptors (Lipinski definition) is 2. The van der Waals surface area contributed by atoms with E-state index < -0.39 is 11.7 Å². The smallest absolute Gasteiger partial charge is 0.269 e. The molecule has 2 rings (SSSR count). The van der Waals surface area contributed by atoms with E-state index in [1.807, 2.05) is 0 Å². The van der Waals surface area contributed by atoms with Crippen molar-refractivity contribution in [3.8, 4) is 5.69 Å². The van der Waals surface area contributed by atoms with Gasteiger partial charge in [-0.2, -0.15) is 5.10 Å². The van der Waals surface area contributed by atoms with Gasteiger partial charge in [-0.3, -0.25) is 4.79 Å². The van der Waals surface area contributed by atoms with Crippen LogP contribution < -0.4 is 5.73 Å². The Morgan fingerprint density at radius 3 is 2.71 bits per heavy atom. The van der Waals surface area contributed by atoms with Gasteiger partial charge in [0.15, 0.2) is 5.69 Å². The number of carbonyl (C=O) groups is 1. The first-order chi connectivity index (χ1) is 7.99. The largest absolute Gasteiger partial charge is 0.364 e. The van der Waals surface area contributed by atoms with Gasteiger partial charge in [-0.1, -0.05) is 11.6 Å². The monoisotopic (exact) mass is 253 g/mol. The third kappa shape index (κ3) is 2.14. The minimum Gasteiger partial charge on any atom is -0.364 e. The van der Waals surface area contributed by atoms with Gasteiger partial charge in [-0.25, -0.2) is 9.07 Å². The van der Waals surface area contributed by atoms with Crippen molar-refractivity contribution in [2.75, 3.05) is 0 Å². The van der Waals surface area contributed by atoms with E-state index in [9.17, 15) is 9.18 Å². The van der Waals surface area contributed by atoms with Crippen LogP contribution in [-0.4, -0.2) is 15.7 Å². The third-order valence-electron chi connectivity index (χ3n) is 2.29. The molecule has 1 heterocycles. The molecule has 1 aromatic carbocycles. The Morgan fingerprint density at radius 2 is 2.18 bits per heavy atom. The highest BCUT2D eigenvalue weighted by Gasteiger charge is 2.11. The van der Waals surface area contributed by atoms with Crippen LogP contribution in [0.2, 0.25) is 5.02 Å². The number of halogens is 2. The molecule has 0 fully saturated rings. The summed E-state index contributed by atoms with van der Waals surface area (Å²) in [5, 5.41) is 4.01. The number of nitrogens with two attached hydrogens (primary N) is 1. The summed E-state index contributed by atoms with van der Waals surface area (Å²) in [6.07, 6.45) is 0. The maximum atomic E-state index is 13.0. The minimum atomic E-state index is -0.611. The van der Waals surface area contributed by atoms with Crippen molar-refractivity contribution < 1.29 is 9.18 Å². The molecule has 0 aliphatic rings. The van der Waals surface area contributed by atoms with Crippen LogP contribution in [-0.2, 0) is 0 Å². The van der Waals surface area contributed by atoms with E-state index >= 15 is 0 Å². The van der Waals surface area contributed by atoms with E-state index in [0.29, 0.717) is 11.4 Å². The van der Waals surface area contributed by atoms with Crippen LogP contribution in [0.3, 0.4) is 0 Å². The molecule has 17 heavy (non-hydrogen) atoms. The molecule has 2 aromatic rings. The summed E-state index contributed by atoms with van der Waals surface area (Å²) in [6.45, 7) is 1.76. The molecule has 0 bridgehead atoms. The van der Waals surface area contributed by atoms with Crippen LogP contribution in [0.1, 0.15) is 16.2 Å². The Morgan fingerprint density at radius 1 is 1.47 bits per heavy atom. The molecule has 1 aromatic heterocycles. The van der Waals surface area contributed by atoms with E-state index in [0.717, 1.165) is 0 Å². The molecular formula is C11H9ClFN3O. The molecule has 1 amide bonds. The van der Waals surface area contributed by atoms with Gasteiger partial charge in [0, 0.05) is 5.69 Å². The number of primary amides is 1. The topological polar surface area (TPSA) is 60.9 Å². The fourth-order valence-corrected chi connectivity index (χ4v) is 1.65. The molecule has 0 spiro atoms. The zero-order chi connectivity index (χ0) is 12.6. The fraction of sp³-hybridized carbons (Fsp3) is 0.0909. The summed E-state index contributed by atoms with van der Waals surface area (Å²) in [5.74, 6) is -1.12.